The van der Waals surface area contributed by atoms with Crippen LogP contribution in [0.5, 0.6) is 0 Å². The summed E-state index contributed by atoms with van der Waals surface area (Å²) in [4.78, 5) is 28.7. The minimum absolute atomic E-state index is 0.120. The smallest absolute Gasteiger partial charge is 0.350 e. The van der Waals surface area contributed by atoms with E-state index in [9.17, 15) is 9.18 Å². The Morgan fingerprint density at radius 3 is 2.68 bits per heavy atom. The van der Waals surface area contributed by atoms with Gasteiger partial charge in [0, 0.05) is 78.0 Å². The van der Waals surface area contributed by atoms with Crippen LogP contribution < -0.4 is 21.6 Å². The number of fused-ring (bicyclic) bond motifs is 3. The van der Waals surface area contributed by atoms with Crippen molar-refractivity contribution < 1.29 is 9.13 Å². The Kier molecular flexibility index (Phi) is 6.42. The molecule has 0 aliphatic carbocycles. The number of aromatic nitrogens is 3. The molecule has 4 aliphatic heterocycles. The van der Waals surface area contributed by atoms with Crippen molar-refractivity contribution in [2.24, 2.45) is 0 Å². The van der Waals surface area contributed by atoms with Gasteiger partial charge >= 0.3 is 5.69 Å². The molecule has 13 heteroatoms. The molecule has 2 aromatic heterocycles. The van der Waals surface area contributed by atoms with Crippen molar-refractivity contribution in [3.05, 3.63) is 39.5 Å². The van der Waals surface area contributed by atoms with Crippen LogP contribution in [0.3, 0.4) is 0 Å². The number of ether oxygens (including phenoxy) is 1. The topological polar surface area (TPSA) is 102 Å². The molecule has 8 rings (SSSR count). The lowest BCUT2D eigenvalue weighted by Crippen LogP contribution is -2.52. The van der Waals surface area contributed by atoms with Crippen molar-refractivity contribution in [3.8, 4) is 11.1 Å². The number of morpholine rings is 1. The third kappa shape index (κ3) is 4.33. The van der Waals surface area contributed by atoms with Gasteiger partial charge in [-0.15, -0.1) is 11.8 Å². The zero-order valence-electron chi connectivity index (χ0n) is 22.2. The lowest BCUT2D eigenvalue weighted by Gasteiger charge is -2.35. The van der Waals surface area contributed by atoms with Gasteiger partial charge in [0.05, 0.1) is 34.0 Å². The first-order valence-corrected chi connectivity index (χ1v) is 16.2. The van der Waals surface area contributed by atoms with E-state index in [4.69, 9.17) is 27.1 Å². The maximum atomic E-state index is 14.8. The van der Waals surface area contributed by atoms with E-state index in [1.807, 2.05) is 10.6 Å². The first-order chi connectivity index (χ1) is 19.9. The molecule has 3 fully saturated rings. The highest BCUT2D eigenvalue weighted by Crippen LogP contribution is 2.48. The summed E-state index contributed by atoms with van der Waals surface area (Å²) in [6, 6.07) is 6.01. The van der Waals surface area contributed by atoms with Gasteiger partial charge in [-0.05, 0) is 31.0 Å². The molecule has 0 radical (unpaired) electrons. The van der Waals surface area contributed by atoms with Crippen LogP contribution in [0.25, 0.3) is 32.2 Å². The molecule has 214 valence electrons. The molecule has 2 bridgehead atoms. The number of halogens is 2. The Hall–Kier alpha value is -2.48. The van der Waals surface area contributed by atoms with Crippen LogP contribution in [0, 0.1) is 5.82 Å². The number of anilines is 2. The van der Waals surface area contributed by atoms with E-state index < -0.39 is 0 Å². The SMILES string of the molecule is Nc1nc2c(-c3c(Cl)cc4c(N5CC6CCC(C5)N6)nc(=O)n5c4c3SC[C@@H](N3CCOCC3)C5)ccc(F)c2s1. The molecule has 9 nitrogen and oxygen atoms in total. The molecule has 4 aromatic rings. The van der Waals surface area contributed by atoms with E-state index in [-0.39, 0.29) is 17.5 Å². The molecular formula is C28H29ClFN7O2S2. The minimum atomic E-state index is -0.363. The highest BCUT2D eigenvalue weighted by molar-refractivity contribution is 7.99. The minimum Gasteiger partial charge on any atom is -0.379 e. The fraction of sp³-hybridized carbons (Fsp3) is 0.464. The number of hydrogen-bond acceptors (Lipinski definition) is 10. The van der Waals surface area contributed by atoms with Gasteiger partial charge in [0.15, 0.2) is 5.13 Å². The molecule has 3 saturated heterocycles. The van der Waals surface area contributed by atoms with Crippen molar-refractivity contribution in [3.63, 3.8) is 0 Å². The number of nitrogens with one attached hydrogen (secondary N) is 1. The molecule has 0 spiro atoms. The summed E-state index contributed by atoms with van der Waals surface area (Å²) in [5.74, 6) is 1.10. The first-order valence-electron chi connectivity index (χ1n) is 14.0. The number of benzene rings is 2. The Morgan fingerprint density at radius 2 is 1.90 bits per heavy atom. The van der Waals surface area contributed by atoms with Gasteiger partial charge in [0.1, 0.15) is 11.6 Å². The summed E-state index contributed by atoms with van der Waals surface area (Å²) < 4.78 is 22.7. The van der Waals surface area contributed by atoms with Crippen LogP contribution in [0.1, 0.15) is 12.8 Å². The van der Waals surface area contributed by atoms with Gasteiger partial charge < -0.3 is 20.7 Å². The fourth-order valence-electron chi connectivity index (χ4n) is 6.93. The number of nitrogens with two attached hydrogens (primary N) is 1. The zero-order valence-corrected chi connectivity index (χ0v) is 24.6. The van der Waals surface area contributed by atoms with Gasteiger partial charge in [-0.1, -0.05) is 22.9 Å². The van der Waals surface area contributed by atoms with E-state index in [2.05, 4.69) is 20.1 Å². The number of piperazine rings is 1. The van der Waals surface area contributed by atoms with Crippen molar-refractivity contribution in [1.29, 1.82) is 0 Å². The number of thiazole rings is 1. The molecule has 4 aliphatic rings. The molecule has 0 amide bonds. The second kappa shape index (κ2) is 10.1. The highest BCUT2D eigenvalue weighted by Gasteiger charge is 2.36. The van der Waals surface area contributed by atoms with Crippen LogP contribution in [0.4, 0.5) is 15.3 Å². The van der Waals surface area contributed by atoms with Gasteiger partial charge in [0.25, 0.3) is 0 Å². The van der Waals surface area contributed by atoms with Crippen molar-refractivity contribution in [2.75, 3.05) is 55.8 Å². The van der Waals surface area contributed by atoms with Crippen LogP contribution in [0.2, 0.25) is 5.02 Å². The fourth-order valence-corrected chi connectivity index (χ4v) is 9.46. The second-order valence-electron chi connectivity index (χ2n) is 11.3. The molecule has 6 heterocycles. The molecule has 41 heavy (non-hydrogen) atoms. The van der Waals surface area contributed by atoms with Crippen LogP contribution in [-0.4, -0.2) is 82.7 Å². The lowest BCUT2D eigenvalue weighted by atomic mass is 10.0. The van der Waals surface area contributed by atoms with Crippen molar-refractivity contribution >= 4 is 66.8 Å². The predicted octanol–water partition coefficient (Wildman–Crippen LogP) is 3.80. The van der Waals surface area contributed by atoms with E-state index in [0.29, 0.717) is 63.6 Å². The standard InChI is InChI=1S/C28H29ClFN7O2S2/c29-19-9-18-23-25(21(19)17-3-4-20(30)24-22(17)33-27(31)41-24)40-13-16(35-5-7-39-8-6-35)12-37(23)28(38)34-26(18)36-10-14-1-2-15(11-36)32-14/h3-4,9,14-16,32H,1-2,5-8,10-13H2,(H2,31,33)/t14?,15?,16-/m0/s1. The summed E-state index contributed by atoms with van der Waals surface area (Å²) in [7, 11) is 0. The average molecular weight is 614 g/mol. The van der Waals surface area contributed by atoms with Crippen LogP contribution in [-0.2, 0) is 11.3 Å². The predicted molar refractivity (Wildman–Crippen MR) is 163 cm³/mol. The third-order valence-corrected chi connectivity index (χ3v) is 11.3. The largest absolute Gasteiger partial charge is 0.379 e. The normalized spacial score (nSPS) is 24.8. The summed E-state index contributed by atoms with van der Waals surface area (Å²) in [5.41, 5.74) is 8.58. The molecule has 2 aromatic carbocycles. The number of nitrogen functional groups attached to an aromatic ring is 1. The Balaban J connectivity index is 1.37. The van der Waals surface area contributed by atoms with E-state index in [0.717, 1.165) is 77.5 Å². The Bertz CT molecular complexity index is 1750. The highest BCUT2D eigenvalue weighted by atomic mass is 35.5. The number of rotatable bonds is 3. The number of thioether (sulfide) groups is 1. The van der Waals surface area contributed by atoms with Gasteiger partial charge in [-0.2, -0.15) is 4.98 Å². The third-order valence-electron chi connectivity index (χ3n) is 8.82. The summed E-state index contributed by atoms with van der Waals surface area (Å²) in [5, 5.41) is 5.37. The maximum absolute atomic E-state index is 14.8. The quantitative estimate of drug-likeness (QED) is 0.357. The molecule has 0 saturated carbocycles. The summed E-state index contributed by atoms with van der Waals surface area (Å²) >= 11 is 10.00. The number of nitrogens with zero attached hydrogens (tertiary/aromatic N) is 5. The lowest BCUT2D eigenvalue weighted by molar-refractivity contribution is 0.0181. The van der Waals surface area contributed by atoms with Crippen LogP contribution in [0.15, 0.2) is 27.9 Å². The maximum Gasteiger partial charge on any atom is 0.350 e. The van der Waals surface area contributed by atoms with Crippen molar-refractivity contribution in [2.45, 2.75) is 42.4 Å². The van der Waals surface area contributed by atoms with Gasteiger partial charge in [0.2, 0.25) is 0 Å². The summed E-state index contributed by atoms with van der Waals surface area (Å²) in [6.45, 7) is 5.12. The van der Waals surface area contributed by atoms with Crippen molar-refractivity contribution in [1.82, 2.24) is 24.8 Å². The first kappa shape index (κ1) is 26.2. The van der Waals surface area contributed by atoms with Gasteiger partial charge in [-0.3, -0.25) is 9.47 Å². The second-order valence-corrected chi connectivity index (χ2v) is 13.7. The molecule has 2 unspecified atom stereocenters. The molecular weight excluding hydrogens is 585 g/mol. The Morgan fingerprint density at radius 1 is 1.12 bits per heavy atom. The van der Waals surface area contributed by atoms with Crippen LogP contribution >= 0.6 is 34.7 Å². The van der Waals surface area contributed by atoms with E-state index in [1.165, 1.54) is 6.07 Å². The van der Waals surface area contributed by atoms with E-state index >= 15 is 0 Å². The van der Waals surface area contributed by atoms with E-state index in [1.54, 1.807) is 17.8 Å². The number of hydrogen-bond donors (Lipinski definition) is 2. The summed E-state index contributed by atoms with van der Waals surface area (Å²) in [6.07, 6.45) is 2.25. The average Bonchev–Trinajstić information content (AvgIpc) is 3.46. The zero-order chi connectivity index (χ0) is 27.8. The monoisotopic (exact) mass is 613 g/mol. The Labute approximate surface area is 248 Å². The molecule has 3 N–H and O–H groups in total. The van der Waals surface area contributed by atoms with Gasteiger partial charge in [-0.25, -0.2) is 14.2 Å². The molecule has 3 atom stereocenters.